The first-order valence-electron chi connectivity index (χ1n) is 6.45. The fourth-order valence-electron chi connectivity index (χ4n) is 2.91. The third-order valence-electron chi connectivity index (χ3n) is 3.98. The molecule has 18 heavy (non-hydrogen) atoms. The smallest absolute Gasteiger partial charge is 0.258 e. The Morgan fingerprint density at radius 1 is 1.50 bits per heavy atom. The van der Waals surface area contributed by atoms with Gasteiger partial charge in [0.25, 0.3) is 5.91 Å². The van der Waals surface area contributed by atoms with Gasteiger partial charge in [-0.2, -0.15) is 0 Å². The van der Waals surface area contributed by atoms with E-state index in [-0.39, 0.29) is 5.91 Å². The molecule has 0 radical (unpaired) electrons. The molecule has 0 spiro atoms. The molecule has 2 aliphatic heterocycles. The molecule has 4 nitrogen and oxygen atoms in total. The lowest BCUT2D eigenvalue weighted by molar-refractivity contribution is -0.136. The van der Waals surface area contributed by atoms with E-state index in [0.717, 1.165) is 36.2 Å². The maximum absolute atomic E-state index is 12.6. The molecule has 1 saturated heterocycles. The molecule has 1 aromatic rings. The number of carbonyl (C=O) groups excluding carboxylic acids is 1. The Kier molecular flexibility index (Phi) is 2.55. The number of hydrogen-bond acceptors (Lipinski definition) is 3. The van der Waals surface area contributed by atoms with E-state index < -0.39 is 5.60 Å². The van der Waals surface area contributed by atoms with Crippen LogP contribution in [0, 0.1) is 0 Å². The highest BCUT2D eigenvalue weighted by Gasteiger charge is 2.42. The number of anilines is 2. The molecule has 1 atom stereocenters. The van der Waals surface area contributed by atoms with E-state index in [2.05, 4.69) is 0 Å². The van der Waals surface area contributed by atoms with E-state index in [1.54, 1.807) is 0 Å². The Hall–Kier alpha value is -1.55. The summed E-state index contributed by atoms with van der Waals surface area (Å²) in [6.45, 7) is 3.29. The Balaban J connectivity index is 1.93. The summed E-state index contributed by atoms with van der Waals surface area (Å²) in [5, 5.41) is 0. The van der Waals surface area contributed by atoms with Crippen LogP contribution in [0.5, 0.6) is 0 Å². The molecule has 1 amide bonds. The molecule has 2 heterocycles. The molecule has 1 fully saturated rings. The van der Waals surface area contributed by atoms with E-state index in [9.17, 15) is 4.79 Å². The van der Waals surface area contributed by atoms with E-state index in [0.29, 0.717) is 13.2 Å². The average Bonchev–Trinajstić information content (AvgIpc) is 2.96. The molecule has 96 valence electrons. The maximum Gasteiger partial charge on any atom is 0.258 e. The largest absolute Gasteiger partial charge is 0.398 e. The van der Waals surface area contributed by atoms with Gasteiger partial charge in [-0.15, -0.1) is 0 Å². The van der Waals surface area contributed by atoms with Crippen molar-refractivity contribution in [2.24, 2.45) is 0 Å². The van der Waals surface area contributed by atoms with E-state index in [4.69, 9.17) is 10.5 Å². The molecule has 0 bridgehead atoms. The summed E-state index contributed by atoms with van der Waals surface area (Å²) in [7, 11) is 0. The summed E-state index contributed by atoms with van der Waals surface area (Å²) in [6.07, 6.45) is 2.60. The van der Waals surface area contributed by atoms with Gasteiger partial charge in [0.2, 0.25) is 0 Å². The molecule has 2 aliphatic rings. The molecule has 0 saturated carbocycles. The Morgan fingerprint density at radius 3 is 3.06 bits per heavy atom. The zero-order valence-corrected chi connectivity index (χ0v) is 10.6. The van der Waals surface area contributed by atoms with Crippen LogP contribution in [-0.2, 0) is 16.0 Å². The molecule has 1 unspecified atom stereocenters. The lowest BCUT2D eigenvalue weighted by Crippen LogP contribution is -2.46. The number of carbonyl (C=O) groups is 1. The second-order valence-corrected chi connectivity index (χ2v) is 5.23. The fraction of sp³-hybridized carbons (Fsp3) is 0.500. The minimum absolute atomic E-state index is 0.0735. The topological polar surface area (TPSA) is 55.6 Å². The van der Waals surface area contributed by atoms with Gasteiger partial charge in [-0.1, -0.05) is 6.07 Å². The van der Waals surface area contributed by atoms with Crippen molar-refractivity contribution in [1.29, 1.82) is 0 Å². The Bertz CT molecular complexity index is 493. The summed E-state index contributed by atoms with van der Waals surface area (Å²) in [5.74, 6) is 0.0735. The lowest BCUT2D eigenvalue weighted by Gasteiger charge is -2.28. The maximum atomic E-state index is 12.6. The van der Waals surface area contributed by atoms with E-state index >= 15 is 0 Å². The number of nitrogen functional groups attached to an aromatic ring is 1. The van der Waals surface area contributed by atoms with Gasteiger partial charge in [-0.25, -0.2) is 0 Å². The highest BCUT2D eigenvalue weighted by Crippen LogP contribution is 2.36. The van der Waals surface area contributed by atoms with Gasteiger partial charge in [-0.3, -0.25) is 4.79 Å². The second-order valence-electron chi connectivity index (χ2n) is 5.23. The van der Waals surface area contributed by atoms with Crippen LogP contribution in [0.3, 0.4) is 0 Å². The molecule has 0 aromatic heterocycles. The molecule has 0 aliphatic carbocycles. The minimum Gasteiger partial charge on any atom is -0.398 e. The van der Waals surface area contributed by atoms with Crippen LogP contribution in [0.15, 0.2) is 18.2 Å². The van der Waals surface area contributed by atoms with Crippen molar-refractivity contribution in [3.63, 3.8) is 0 Å². The average molecular weight is 246 g/mol. The van der Waals surface area contributed by atoms with Gasteiger partial charge in [-0.05, 0) is 38.3 Å². The SMILES string of the molecule is CC1(C(=O)N2CCc3c(N)cccc32)CCCO1. The summed E-state index contributed by atoms with van der Waals surface area (Å²) >= 11 is 0. The number of amides is 1. The number of nitrogens with zero attached hydrogens (tertiary/aromatic N) is 1. The molecule has 1 aromatic carbocycles. The first kappa shape index (κ1) is 11.5. The number of rotatable bonds is 1. The van der Waals surface area contributed by atoms with Crippen LogP contribution in [-0.4, -0.2) is 24.7 Å². The monoisotopic (exact) mass is 246 g/mol. The van der Waals surface area contributed by atoms with Gasteiger partial charge in [0.05, 0.1) is 0 Å². The highest BCUT2D eigenvalue weighted by molar-refractivity contribution is 6.01. The van der Waals surface area contributed by atoms with Crippen LogP contribution in [0.1, 0.15) is 25.3 Å². The van der Waals surface area contributed by atoms with Crippen molar-refractivity contribution in [2.45, 2.75) is 31.8 Å². The van der Waals surface area contributed by atoms with Crippen LogP contribution in [0.25, 0.3) is 0 Å². The molecule has 2 N–H and O–H groups in total. The van der Waals surface area contributed by atoms with Crippen molar-refractivity contribution in [1.82, 2.24) is 0 Å². The third kappa shape index (κ3) is 1.60. The van der Waals surface area contributed by atoms with Crippen molar-refractivity contribution in [3.05, 3.63) is 23.8 Å². The van der Waals surface area contributed by atoms with Gasteiger partial charge in [0.1, 0.15) is 5.60 Å². The number of benzene rings is 1. The number of nitrogens with two attached hydrogens (primary N) is 1. The zero-order valence-electron chi connectivity index (χ0n) is 10.6. The Labute approximate surface area is 107 Å². The standard InChI is InChI=1S/C14H18N2O2/c1-14(7-3-9-18-14)13(17)16-8-6-10-11(15)4-2-5-12(10)16/h2,4-5H,3,6-9,15H2,1H3. The molecular weight excluding hydrogens is 228 g/mol. The van der Waals surface area contributed by atoms with Gasteiger partial charge >= 0.3 is 0 Å². The van der Waals surface area contributed by atoms with Crippen LogP contribution in [0.4, 0.5) is 11.4 Å². The van der Waals surface area contributed by atoms with E-state index in [1.165, 1.54) is 0 Å². The normalized spacial score (nSPS) is 26.4. The van der Waals surface area contributed by atoms with E-state index in [1.807, 2.05) is 30.0 Å². The Morgan fingerprint density at radius 2 is 2.33 bits per heavy atom. The van der Waals surface area contributed by atoms with Gasteiger partial charge in [0.15, 0.2) is 0 Å². The zero-order chi connectivity index (χ0) is 12.8. The van der Waals surface area contributed by atoms with Crippen LogP contribution >= 0.6 is 0 Å². The quantitative estimate of drug-likeness (QED) is 0.768. The van der Waals surface area contributed by atoms with Crippen LogP contribution in [0.2, 0.25) is 0 Å². The molecular formula is C14H18N2O2. The third-order valence-corrected chi connectivity index (χ3v) is 3.98. The van der Waals surface area contributed by atoms with Crippen LogP contribution < -0.4 is 10.6 Å². The van der Waals surface area contributed by atoms with Crippen molar-refractivity contribution in [3.8, 4) is 0 Å². The van der Waals surface area contributed by atoms with Crippen molar-refractivity contribution >= 4 is 17.3 Å². The minimum atomic E-state index is -0.647. The summed E-state index contributed by atoms with van der Waals surface area (Å²) in [6, 6.07) is 5.76. The first-order valence-corrected chi connectivity index (χ1v) is 6.45. The number of hydrogen-bond donors (Lipinski definition) is 1. The fourth-order valence-corrected chi connectivity index (χ4v) is 2.91. The second kappa shape index (κ2) is 3.99. The summed E-state index contributed by atoms with van der Waals surface area (Å²) in [5.41, 5.74) is 8.13. The number of fused-ring (bicyclic) bond motifs is 1. The predicted octanol–water partition coefficient (Wildman–Crippen LogP) is 1.73. The lowest BCUT2D eigenvalue weighted by atomic mass is 10.0. The highest BCUT2D eigenvalue weighted by atomic mass is 16.5. The first-order chi connectivity index (χ1) is 8.62. The van der Waals surface area contributed by atoms with Gasteiger partial charge in [0, 0.05) is 30.1 Å². The number of ether oxygens (including phenoxy) is 1. The van der Waals surface area contributed by atoms with Crippen molar-refractivity contribution in [2.75, 3.05) is 23.8 Å². The van der Waals surface area contributed by atoms with Gasteiger partial charge < -0.3 is 15.4 Å². The molecule has 3 rings (SSSR count). The predicted molar refractivity (Wildman–Crippen MR) is 70.5 cm³/mol. The summed E-state index contributed by atoms with van der Waals surface area (Å²) in [4.78, 5) is 14.4. The molecule has 4 heteroatoms. The summed E-state index contributed by atoms with van der Waals surface area (Å²) < 4.78 is 5.64. The van der Waals surface area contributed by atoms with Crippen molar-refractivity contribution < 1.29 is 9.53 Å².